The van der Waals surface area contributed by atoms with Crippen molar-refractivity contribution >= 4 is 54.3 Å². The second-order valence-corrected chi connectivity index (χ2v) is 10.2. The van der Waals surface area contributed by atoms with Crippen LogP contribution < -0.4 is 15.8 Å². The molecule has 7 nitrogen and oxygen atoms in total. The first-order valence-electron chi connectivity index (χ1n) is 12.1. The number of benzene rings is 3. The number of amides is 1. The first-order chi connectivity index (χ1) is 17.6. The minimum atomic E-state index is -0.616. The summed E-state index contributed by atoms with van der Waals surface area (Å²) in [6.45, 7) is 6.88. The number of carbonyl (C=O) groups is 1. The SMILES string of the molecule is Cc1cccc2sc(N3CCN(CCNC(=O)c4cc5c(ccc6ccccc65)oc4=O)CC3)nc12. The normalized spacial score (nSPS) is 14.6. The molecule has 182 valence electrons. The first-order valence-corrected chi connectivity index (χ1v) is 13.0. The van der Waals surface area contributed by atoms with Crippen molar-refractivity contribution in [2.45, 2.75) is 6.92 Å². The molecule has 1 fully saturated rings. The number of aryl methyl sites for hydroxylation is 1. The maximum absolute atomic E-state index is 12.8. The molecular weight excluding hydrogens is 472 g/mol. The van der Waals surface area contributed by atoms with Gasteiger partial charge in [-0.3, -0.25) is 9.69 Å². The predicted molar refractivity (Wildman–Crippen MR) is 145 cm³/mol. The van der Waals surface area contributed by atoms with E-state index in [-0.39, 0.29) is 5.56 Å². The van der Waals surface area contributed by atoms with Crippen molar-refractivity contribution in [1.29, 1.82) is 0 Å². The molecule has 1 aliphatic heterocycles. The summed E-state index contributed by atoms with van der Waals surface area (Å²) in [7, 11) is 0. The number of hydrogen-bond acceptors (Lipinski definition) is 7. The lowest BCUT2D eigenvalue weighted by atomic mass is 10.0. The topological polar surface area (TPSA) is 78.7 Å². The second kappa shape index (κ2) is 9.37. The van der Waals surface area contributed by atoms with Crippen LogP contribution in [0.25, 0.3) is 32.0 Å². The molecule has 0 spiro atoms. The first kappa shape index (κ1) is 22.7. The molecule has 0 saturated carbocycles. The summed E-state index contributed by atoms with van der Waals surface area (Å²) in [6.07, 6.45) is 0. The third-order valence-electron chi connectivity index (χ3n) is 6.85. The van der Waals surface area contributed by atoms with Gasteiger partial charge in [0, 0.05) is 44.7 Å². The van der Waals surface area contributed by atoms with E-state index in [4.69, 9.17) is 9.40 Å². The van der Waals surface area contributed by atoms with Crippen LogP contribution >= 0.6 is 11.3 Å². The van der Waals surface area contributed by atoms with Gasteiger partial charge in [0.05, 0.1) is 10.2 Å². The smallest absolute Gasteiger partial charge is 0.349 e. The van der Waals surface area contributed by atoms with Gasteiger partial charge in [-0.25, -0.2) is 9.78 Å². The van der Waals surface area contributed by atoms with Crippen molar-refractivity contribution in [1.82, 2.24) is 15.2 Å². The summed E-state index contributed by atoms with van der Waals surface area (Å²) in [5.74, 6) is -0.401. The highest BCUT2D eigenvalue weighted by Gasteiger charge is 2.21. The molecule has 2 aromatic heterocycles. The summed E-state index contributed by atoms with van der Waals surface area (Å²) < 4.78 is 6.69. The summed E-state index contributed by atoms with van der Waals surface area (Å²) >= 11 is 1.74. The average Bonchev–Trinajstić information content (AvgIpc) is 3.34. The van der Waals surface area contributed by atoms with E-state index in [1.807, 2.05) is 30.3 Å². The second-order valence-electron chi connectivity index (χ2n) is 9.15. The van der Waals surface area contributed by atoms with Crippen molar-refractivity contribution in [2.24, 2.45) is 0 Å². The molecule has 0 unspecified atom stereocenters. The highest BCUT2D eigenvalue weighted by molar-refractivity contribution is 7.22. The number of aromatic nitrogens is 1. The summed E-state index contributed by atoms with van der Waals surface area (Å²) in [4.78, 5) is 34.8. The zero-order chi connectivity index (χ0) is 24.6. The minimum absolute atomic E-state index is 0.0369. The van der Waals surface area contributed by atoms with Gasteiger partial charge in [0.25, 0.3) is 5.91 Å². The number of carbonyl (C=O) groups excluding carboxylic acids is 1. The van der Waals surface area contributed by atoms with E-state index in [0.29, 0.717) is 12.1 Å². The Morgan fingerprint density at radius 3 is 2.69 bits per heavy atom. The number of thiazole rings is 1. The third kappa shape index (κ3) is 4.23. The lowest BCUT2D eigenvalue weighted by Crippen LogP contribution is -2.48. The Kier molecular flexibility index (Phi) is 5.91. The Balaban J connectivity index is 1.07. The number of nitrogens with one attached hydrogen (secondary N) is 1. The van der Waals surface area contributed by atoms with Crippen LogP contribution in [0.2, 0.25) is 0 Å². The van der Waals surface area contributed by atoms with Crippen LogP contribution in [0.1, 0.15) is 15.9 Å². The van der Waals surface area contributed by atoms with E-state index >= 15 is 0 Å². The quantitative estimate of drug-likeness (QED) is 0.286. The summed E-state index contributed by atoms with van der Waals surface area (Å²) in [6, 6.07) is 19.5. The number of rotatable bonds is 5. The maximum Gasteiger partial charge on any atom is 0.349 e. The Hall–Kier alpha value is -3.75. The number of anilines is 1. The van der Waals surface area contributed by atoms with Crippen LogP contribution in [0.4, 0.5) is 5.13 Å². The van der Waals surface area contributed by atoms with Crippen molar-refractivity contribution in [3.8, 4) is 0 Å². The van der Waals surface area contributed by atoms with Gasteiger partial charge in [0.1, 0.15) is 11.1 Å². The van der Waals surface area contributed by atoms with Crippen LogP contribution in [0, 0.1) is 6.92 Å². The predicted octanol–water partition coefficient (Wildman–Crippen LogP) is 4.42. The standard InChI is InChI=1S/C28H26N4O3S/c1-18-5-4-8-24-25(18)30-28(36-24)32-15-13-31(14-16-32)12-11-29-26(33)22-17-21-20-7-3-2-6-19(20)9-10-23(21)35-27(22)34/h2-10,17H,11-16H2,1H3,(H,29,33). The van der Waals surface area contributed by atoms with E-state index in [1.165, 1.54) is 10.3 Å². The van der Waals surface area contributed by atoms with Gasteiger partial charge < -0.3 is 14.6 Å². The Labute approximate surface area is 212 Å². The molecule has 1 N–H and O–H groups in total. The number of nitrogens with zero attached hydrogens (tertiary/aromatic N) is 3. The molecule has 8 heteroatoms. The number of piperazine rings is 1. The van der Waals surface area contributed by atoms with Gasteiger partial charge in [-0.05, 0) is 41.5 Å². The zero-order valence-electron chi connectivity index (χ0n) is 20.0. The molecule has 0 aliphatic carbocycles. The highest BCUT2D eigenvalue weighted by atomic mass is 32.1. The van der Waals surface area contributed by atoms with Crippen molar-refractivity contribution in [2.75, 3.05) is 44.2 Å². The molecule has 1 saturated heterocycles. The molecule has 3 aromatic carbocycles. The van der Waals surface area contributed by atoms with Crippen LogP contribution in [-0.4, -0.2) is 55.1 Å². The average molecular weight is 499 g/mol. The Morgan fingerprint density at radius 2 is 1.86 bits per heavy atom. The Bertz CT molecular complexity index is 1650. The fraction of sp³-hybridized carbons (Fsp3) is 0.250. The molecule has 1 amide bonds. The molecule has 1 aliphatic rings. The number of hydrogen-bond donors (Lipinski definition) is 1. The number of fused-ring (bicyclic) bond motifs is 4. The van der Waals surface area contributed by atoms with Crippen molar-refractivity contribution in [3.63, 3.8) is 0 Å². The summed E-state index contributed by atoms with van der Waals surface area (Å²) in [5.41, 5.74) is 2.20. The monoisotopic (exact) mass is 498 g/mol. The lowest BCUT2D eigenvalue weighted by Gasteiger charge is -2.34. The molecule has 0 radical (unpaired) electrons. The molecule has 5 aromatic rings. The Morgan fingerprint density at radius 1 is 1.03 bits per heavy atom. The summed E-state index contributed by atoms with van der Waals surface area (Å²) in [5, 5.41) is 6.72. The van der Waals surface area contributed by atoms with E-state index in [1.54, 1.807) is 23.5 Å². The molecule has 36 heavy (non-hydrogen) atoms. The van der Waals surface area contributed by atoms with Gasteiger partial charge in [0.15, 0.2) is 5.13 Å². The number of para-hydroxylation sites is 1. The molecule has 6 rings (SSSR count). The van der Waals surface area contributed by atoms with E-state index in [2.05, 4.69) is 40.2 Å². The lowest BCUT2D eigenvalue weighted by molar-refractivity contribution is 0.0944. The highest BCUT2D eigenvalue weighted by Crippen LogP contribution is 2.31. The van der Waals surface area contributed by atoms with Crippen molar-refractivity contribution < 1.29 is 9.21 Å². The van der Waals surface area contributed by atoms with Gasteiger partial charge in [-0.15, -0.1) is 0 Å². The van der Waals surface area contributed by atoms with Gasteiger partial charge in [-0.2, -0.15) is 0 Å². The van der Waals surface area contributed by atoms with Gasteiger partial charge in [0.2, 0.25) is 0 Å². The minimum Gasteiger partial charge on any atom is -0.422 e. The zero-order valence-corrected chi connectivity index (χ0v) is 20.8. The van der Waals surface area contributed by atoms with Crippen molar-refractivity contribution in [3.05, 3.63) is 82.2 Å². The van der Waals surface area contributed by atoms with Crippen LogP contribution in [-0.2, 0) is 0 Å². The fourth-order valence-corrected chi connectivity index (χ4v) is 5.92. The molecule has 3 heterocycles. The van der Waals surface area contributed by atoms with Crippen LogP contribution in [0.3, 0.4) is 0 Å². The van der Waals surface area contributed by atoms with Gasteiger partial charge >= 0.3 is 5.63 Å². The van der Waals surface area contributed by atoms with Gasteiger partial charge in [-0.1, -0.05) is 53.8 Å². The molecule has 0 bridgehead atoms. The van der Waals surface area contributed by atoms with E-state index < -0.39 is 11.5 Å². The maximum atomic E-state index is 12.8. The largest absolute Gasteiger partial charge is 0.422 e. The van der Waals surface area contributed by atoms with Crippen LogP contribution in [0.5, 0.6) is 0 Å². The van der Waals surface area contributed by atoms with E-state index in [0.717, 1.165) is 59.5 Å². The third-order valence-corrected chi connectivity index (χ3v) is 7.93. The van der Waals surface area contributed by atoms with E-state index in [9.17, 15) is 9.59 Å². The molecular formula is C28H26N4O3S. The fourth-order valence-electron chi connectivity index (χ4n) is 4.83. The molecule has 0 atom stereocenters. The van der Waals surface area contributed by atoms with Crippen LogP contribution in [0.15, 0.2) is 69.9 Å².